The summed E-state index contributed by atoms with van der Waals surface area (Å²) in [5.74, 6) is 1.33. The lowest BCUT2D eigenvalue weighted by Gasteiger charge is -2.20. The van der Waals surface area contributed by atoms with E-state index in [-0.39, 0.29) is 5.91 Å². The zero-order valence-electron chi connectivity index (χ0n) is 10.00. The van der Waals surface area contributed by atoms with E-state index in [2.05, 4.69) is 17.6 Å². The van der Waals surface area contributed by atoms with E-state index in [0.29, 0.717) is 23.9 Å². The van der Waals surface area contributed by atoms with Gasteiger partial charge in [0.1, 0.15) is 0 Å². The summed E-state index contributed by atoms with van der Waals surface area (Å²) >= 11 is 1.99. The molecule has 0 radical (unpaired) electrons. The smallest absolute Gasteiger partial charge is 0.234 e. The van der Waals surface area contributed by atoms with Gasteiger partial charge in [-0.25, -0.2) is 0 Å². The standard InChI is InChI=1S/C12H22N2OS/c1-2-16-11-5-3-4-10(11)14-12(15)8-13-9-6-7-9/h9-11,13H,2-8H2,1H3,(H,14,15). The summed E-state index contributed by atoms with van der Waals surface area (Å²) in [7, 11) is 0. The summed E-state index contributed by atoms with van der Waals surface area (Å²) < 4.78 is 0. The average Bonchev–Trinajstić information content (AvgIpc) is 3.00. The predicted molar refractivity (Wildman–Crippen MR) is 68.7 cm³/mol. The van der Waals surface area contributed by atoms with Crippen molar-refractivity contribution in [3.63, 3.8) is 0 Å². The van der Waals surface area contributed by atoms with Crippen molar-refractivity contribution in [2.45, 2.75) is 56.4 Å². The van der Waals surface area contributed by atoms with Crippen molar-refractivity contribution >= 4 is 17.7 Å². The van der Waals surface area contributed by atoms with Crippen LogP contribution in [0.15, 0.2) is 0 Å². The summed E-state index contributed by atoms with van der Waals surface area (Å²) in [5, 5.41) is 7.08. The molecular formula is C12H22N2OS. The van der Waals surface area contributed by atoms with Crippen LogP contribution in [0.1, 0.15) is 39.0 Å². The molecule has 0 aromatic carbocycles. The van der Waals surface area contributed by atoms with Gasteiger partial charge < -0.3 is 10.6 Å². The molecule has 2 fully saturated rings. The maximum absolute atomic E-state index is 11.7. The van der Waals surface area contributed by atoms with Crippen LogP contribution in [0.4, 0.5) is 0 Å². The Labute approximate surface area is 102 Å². The highest BCUT2D eigenvalue weighted by Crippen LogP contribution is 2.29. The lowest BCUT2D eigenvalue weighted by Crippen LogP contribution is -2.43. The molecule has 3 nitrogen and oxygen atoms in total. The molecule has 0 bridgehead atoms. The van der Waals surface area contributed by atoms with Crippen molar-refractivity contribution in [1.29, 1.82) is 0 Å². The quantitative estimate of drug-likeness (QED) is 0.742. The van der Waals surface area contributed by atoms with Gasteiger partial charge in [-0.15, -0.1) is 0 Å². The average molecular weight is 242 g/mol. The SMILES string of the molecule is CCSC1CCCC1NC(=O)CNC1CC1. The molecule has 0 aromatic heterocycles. The Bertz CT molecular complexity index is 243. The first kappa shape index (κ1) is 12.2. The summed E-state index contributed by atoms with van der Waals surface area (Å²) in [6.45, 7) is 2.70. The van der Waals surface area contributed by atoms with Crippen LogP contribution in [0, 0.1) is 0 Å². The lowest BCUT2D eigenvalue weighted by atomic mass is 10.2. The highest BCUT2D eigenvalue weighted by molar-refractivity contribution is 7.99. The van der Waals surface area contributed by atoms with Crippen LogP contribution in [0.3, 0.4) is 0 Å². The largest absolute Gasteiger partial charge is 0.351 e. The van der Waals surface area contributed by atoms with E-state index in [9.17, 15) is 4.79 Å². The number of hydrogen-bond donors (Lipinski definition) is 2. The van der Waals surface area contributed by atoms with E-state index < -0.39 is 0 Å². The van der Waals surface area contributed by atoms with E-state index in [1.54, 1.807) is 0 Å². The van der Waals surface area contributed by atoms with Crippen LogP contribution in [-0.4, -0.2) is 35.5 Å². The van der Waals surface area contributed by atoms with E-state index >= 15 is 0 Å². The number of hydrogen-bond acceptors (Lipinski definition) is 3. The van der Waals surface area contributed by atoms with Crippen molar-refractivity contribution in [2.75, 3.05) is 12.3 Å². The van der Waals surface area contributed by atoms with E-state index in [1.807, 2.05) is 11.8 Å². The van der Waals surface area contributed by atoms with Crippen LogP contribution in [-0.2, 0) is 4.79 Å². The highest BCUT2D eigenvalue weighted by atomic mass is 32.2. The fourth-order valence-electron chi connectivity index (χ4n) is 2.29. The van der Waals surface area contributed by atoms with E-state index in [1.165, 1.54) is 25.7 Å². The second-order valence-electron chi connectivity index (χ2n) is 4.75. The fraction of sp³-hybridized carbons (Fsp3) is 0.917. The molecule has 2 atom stereocenters. The summed E-state index contributed by atoms with van der Waals surface area (Å²) in [4.78, 5) is 11.7. The second kappa shape index (κ2) is 5.92. The summed E-state index contributed by atoms with van der Waals surface area (Å²) in [6.07, 6.45) is 6.17. The molecule has 1 amide bonds. The molecule has 2 unspecified atom stereocenters. The number of nitrogens with one attached hydrogen (secondary N) is 2. The van der Waals surface area contributed by atoms with Gasteiger partial charge in [-0.1, -0.05) is 13.3 Å². The van der Waals surface area contributed by atoms with Gasteiger partial charge in [0.25, 0.3) is 0 Å². The first-order valence-electron chi connectivity index (χ1n) is 6.44. The van der Waals surface area contributed by atoms with Crippen LogP contribution in [0.5, 0.6) is 0 Å². The second-order valence-corrected chi connectivity index (χ2v) is 6.27. The molecule has 2 N–H and O–H groups in total. The number of amides is 1. The monoisotopic (exact) mass is 242 g/mol. The first-order valence-corrected chi connectivity index (χ1v) is 7.49. The van der Waals surface area contributed by atoms with Gasteiger partial charge in [-0.3, -0.25) is 4.79 Å². The molecule has 0 aliphatic heterocycles. The third kappa shape index (κ3) is 3.67. The van der Waals surface area contributed by atoms with Crippen molar-refractivity contribution in [3.05, 3.63) is 0 Å². The molecule has 2 saturated carbocycles. The molecule has 2 rings (SSSR count). The third-order valence-corrected chi connectivity index (χ3v) is 4.63. The van der Waals surface area contributed by atoms with Crippen LogP contribution in [0.2, 0.25) is 0 Å². The molecule has 2 aliphatic rings. The van der Waals surface area contributed by atoms with Gasteiger partial charge in [0.15, 0.2) is 0 Å². The lowest BCUT2D eigenvalue weighted by molar-refractivity contribution is -0.120. The summed E-state index contributed by atoms with van der Waals surface area (Å²) in [5.41, 5.74) is 0. The number of carbonyl (C=O) groups is 1. The fourth-order valence-corrected chi connectivity index (χ4v) is 3.48. The van der Waals surface area contributed by atoms with Gasteiger partial charge in [0, 0.05) is 17.3 Å². The minimum absolute atomic E-state index is 0.181. The van der Waals surface area contributed by atoms with Gasteiger partial charge >= 0.3 is 0 Å². The van der Waals surface area contributed by atoms with E-state index in [0.717, 1.165) is 12.2 Å². The van der Waals surface area contributed by atoms with Crippen LogP contribution < -0.4 is 10.6 Å². The molecule has 16 heavy (non-hydrogen) atoms. The first-order chi connectivity index (χ1) is 7.79. The Morgan fingerprint density at radius 1 is 1.31 bits per heavy atom. The zero-order valence-corrected chi connectivity index (χ0v) is 10.8. The van der Waals surface area contributed by atoms with Crippen LogP contribution >= 0.6 is 11.8 Å². The highest BCUT2D eigenvalue weighted by Gasteiger charge is 2.28. The molecule has 2 aliphatic carbocycles. The third-order valence-electron chi connectivity index (χ3n) is 3.31. The van der Waals surface area contributed by atoms with Crippen LogP contribution in [0.25, 0.3) is 0 Å². The van der Waals surface area contributed by atoms with Crippen molar-refractivity contribution in [2.24, 2.45) is 0 Å². The Balaban J connectivity index is 1.67. The van der Waals surface area contributed by atoms with Crippen molar-refractivity contribution in [3.8, 4) is 0 Å². The Morgan fingerprint density at radius 3 is 2.81 bits per heavy atom. The summed E-state index contributed by atoms with van der Waals surface area (Å²) in [6, 6.07) is 1.04. The molecule has 4 heteroatoms. The minimum Gasteiger partial charge on any atom is -0.351 e. The predicted octanol–water partition coefficient (Wildman–Crippen LogP) is 1.53. The van der Waals surface area contributed by atoms with Gasteiger partial charge in [0.2, 0.25) is 5.91 Å². The number of thioether (sulfide) groups is 1. The maximum atomic E-state index is 11.7. The normalized spacial score (nSPS) is 29.3. The van der Waals surface area contributed by atoms with Gasteiger partial charge in [-0.05, 0) is 31.4 Å². The van der Waals surface area contributed by atoms with E-state index in [4.69, 9.17) is 0 Å². The van der Waals surface area contributed by atoms with Crippen molar-refractivity contribution in [1.82, 2.24) is 10.6 Å². The molecule has 0 aromatic rings. The topological polar surface area (TPSA) is 41.1 Å². The van der Waals surface area contributed by atoms with Gasteiger partial charge in [-0.2, -0.15) is 11.8 Å². The molecular weight excluding hydrogens is 220 g/mol. The number of rotatable bonds is 6. The Kier molecular flexibility index (Phi) is 4.53. The maximum Gasteiger partial charge on any atom is 0.234 e. The number of carbonyl (C=O) groups excluding carboxylic acids is 1. The Hall–Kier alpha value is -0.220. The minimum atomic E-state index is 0.181. The van der Waals surface area contributed by atoms with Crippen molar-refractivity contribution < 1.29 is 4.79 Å². The zero-order chi connectivity index (χ0) is 11.4. The van der Waals surface area contributed by atoms with Gasteiger partial charge in [0.05, 0.1) is 6.54 Å². The Morgan fingerprint density at radius 2 is 2.12 bits per heavy atom. The molecule has 0 spiro atoms. The molecule has 0 saturated heterocycles. The molecule has 92 valence electrons. The molecule has 0 heterocycles.